The van der Waals surface area contributed by atoms with Crippen LogP contribution in [-0.2, 0) is 6.42 Å². The minimum Gasteiger partial charge on any atom is -0.315 e. The molecule has 92 valence electrons. The molecule has 0 spiro atoms. The lowest BCUT2D eigenvalue weighted by molar-refractivity contribution is 0.565. The second-order valence-electron chi connectivity index (χ2n) is 4.76. The summed E-state index contributed by atoms with van der Waals surface area (Å²) < 4.78 is 2.07. The van der Waals surface area contributed by atoms with Crippen LogP contribution in [0, 0.1) is 6.92 Å². The predicted molar refractivity (Wildman–Crippen MR) is 69.2 cm³/mol. The maximum atomic E-state index is 4.24. The number of nitrogens with one attached hydrogen (secondary N) is 1. The first kappa shape index (κ1) is 12.0. The van der Waals surface area contributed by atoms with Gasteiger partial charge in [0, 0.05) is 18.7 Å². The van der Waals surface area contributed by atoms with Crippen molar-refractivity contribution >= 4 is 5.65 Å². The van der Waals surface area contributed by atoms with Gasteiger partial charge in [-0.1, -0.05) is 13.8 Å². The summed E-state index contributed by atoms with van der Waals surface area (Å²) in [7, 11) is 0. The normalized spacial score (nSPS) is 11.5. The average Bonchev–Trinajstić information content (AvgIpc) is 2.66. The fourth-order valence-electron chi connectivity index (χ4n) is 1.85. The SMILES string of the molecule is Cc1ccn2c(CCCNC(C)C)nnc2c1. The standard InChI is InChI=1S/C13H20N4/c1-10(2)14-7-4-5-12-15-16-13-9-11(3)6-8-17(12)13/h6,8-10,14H,4-5,7H2,1-3H3. The number of nitrogens with zero attached hydrogens (tertiary/aromatic N) is 3. The Morgan fingerprint density at radius 1 is 1.35 bits per heavy atom. The highest BCUT2D eigenvalue weighted by atomic mass is 15.2. The van der Waals surface area contributed by atoms with Gasteiger partial charge in [-0.3, -0.25) is 4.40 Å². The fourth-order valence-corrected chi connectivity index (χ4v) is 1.85. The van der Waals surface area contributed by atoms with Crippen LogP contribution < -0.4 is 5.32 Å². The first-order chi connectivity index (χ1) is 8.16. The highest BCUT2D eigenvalue weighted by Gasteiger charge is 2.04. The lowest BCUT2D eigenvalue weighted by Crippen LogP contribution is -2.24. The maximum absolute atomic E-state index is 4.24. The van der Waals surface area contributed by atoms with Crippen molar-refractivity contribution in [1.29, 1.82) is 0 Å². The number of aromatic nitrogens is 3. The second kappa shape index (κ2) is 5.27. The van der Waals surface area contributed by atoms with E-state index in [1.165, 1.54) is 5.56 Å². The van der Waals surface area contributed by atoms with Crippen molar-refractivity contribution in [2.45, 2.75) is 39.7 Å². The van der Waals surface area contributed by atoms with Crippen LogP contribution in [0.25, 0.3) is 5.65 Å². The molecule has 0 unspecified atom stereocenters. The second-order valence-corrected chi connectivity index (χ2v) is 4.76. The molecule has 0 aliphatic heterocycles. The van der Waals surface area contributed by atoms with Crippen LogP contribution in [0.5, 0.6) is 0 Å². The van der Waals surface area contributed by atoms with E-state index < -0.39 is 0 Å². The quantitative estimate of drug-likeness (QED) is 0.801. The highest BCUT2D eigenvalue weighted by molar-refractivity contribution is 5.40. The minimum atomic E-state index is 0.549. The Morgan fingerprint density at radius 2 is 2.18 bits per heavy atom. The van der Waals surface area contributed by atoms with Crippen molar-refractivity contribution in [2.24, 2.45) is 0 Å². The van der Waals surface area contributed by atoms with Gasteiger partial charge in [0.1, 0.15) is 5.82 Å². The third-order valence-electron chi connectivity index (χ3n) is 2.77. The first-order valence-corrected chi connectivity index (χ1v) is 6.20. The van der Waals surface area contributed by atoms with Gasteiger partial charge in [-0.2, -0.15) is 0 Å². The van der Waals surface area contributed by atoms with E-state index in [-0.39, 0.29) is 0 Å². The monoisotopic (exact) mass is 232 g/mol. The molecule has 2 aromatic rings. The van der Waals surface area contributed by atoms with Gasteiger partial charge >= 0.3 is 0 Å². The molecule has 17 heavy (non-hydrogen) atoms. The number of rotatable bonds is 5. The molecule has 0 bridgehead atoms. The molecule has 2 rings (SSSR count). The van der Waals surface area contributed by atoms with Crippen LogP contribution in [0.4, 0.5) is 0 Å². The van der Waals surface area contributed by atoms with Gasteiger partial charge in [-0.15, -0.1) is 10.2 Å². The Hall–Kier alpha value is -1.42. The number of hydrogen-bond donors (Lipinski definition) is 1. The average molecular weight is 232 g/mol. The summed E-state index contributed by atoms with van der Waals surface area (Å²) in [6.07, 6.45) is 4.10. The van der Waals surface area contributed by atoms with E-state index in [2.05, 4.69) is 59.0 Å². The Balaban J connectivity index is 1.99. The molecule has 4 nitrogen and oxygen atoms in total. The summed E-state index contributed by atoms with van der Waals surface area (Å²) in [6, 6.07) is 4.70. The summed E-state index contributed by atoms with van der Waals surface area (Å²) >= 11 is 0. The Kier molecular flexibility index (Phi) is 3.74. The van der Waals surface area contributed by atoms with E-state index in [4.69, 9.17) is 0 Å². The van der Waals surface area contributed by atoms with E-state index in [9.17, 15) is 0 Å². The van der Waals surface area contributed by atoms with E-state index in [1.54, 1.807) is 0 Å². The van der Waals surface area contributed by atoms with Crippen molar-refractivity contribution in [3.05, 3.63) is 29.7 Å². The topological polar surface area (TPSA) is 42.2 Å². The Morgan fingerprint density at radius 3 is 2.94 bits per heavy atom. The zero-order valence-corrected chi connectivity index (χ0v) is 10.8. The van der Waals surface area contributed by atoms with Gasteiger partial charge in [0.25, 0.3) is 0 Å². The van der Waals surface area contributed by atoms with Crippen LogP contribution in [0.1, 0.15) is 31.7 Å². The molecule has 0 aliphatic rings. The molecular weight excluding hydrogens is 212 g/mol. The summed E-state index contributed by atoms with van der Waals surface area (Å²) in [5, 5.41) is 11.8. The summed E-state index contributed by atoms with van der Waals surface area (Å²) in [6.45, 7) is 7.42. The third-order valence-corrected chi connectivity index (χ3v) is 2.77. The predicted octanol–water partition coefficient (Wildman–Crippen LogP) is 1.97. The lowest BCUT2D eigenvalue weighted by atomic mass is 10.2. The number of hydrogen-bond acceptors (Lipinski definition) is 3. The molecule has 2 aromatic heterocycles. The molecule has 0 amide bonds. The molecule has 1 N–H and O–H groups in total. The molecule has 4 heteroatoms. The maximum Gasteiger partial charge on any atom is 0.161 e. The van der Waals surface area contributed by atoms with Gasteiger partial charge in [-0.25, -0.2) is 0 Å². The van der Waals surface area contributed by atoms with Gasteiger partial charge < -0.3 is 5.32 Å². The number of pyridine rings is 1. The number of aryl methyl sites for hydroxylation is 2. The van der Waals surface area contributed by atoms with Crippen molar-refractivity contribution in [2.75, 3.05) is 6.54 Å². The summed E-state index contributed by atoms with van der Waals surface area (Å²) in [4.78, 5) is 0. The van der Waals surface area contributed by atoms with Crippen LogP contribution in [0.15, 0.2) is 18.3 Å². The fraction of sp³-hybridized carbons (Fsp3) is 0.538. The zero-order chi connectivity index (χ0) is 12.3. The molecule has 0 radical (unpaired) electrons. The smallest absolute Gasteiger partial charge is 0.161 e. The molecule has 0 atom stereocenters. The van der Waals surface area contributed by atoms with E-state index in [1.807, 2.05) is 0 Å². The molecule has 0 aliphatic carbocycles. The molecule has 0 saturated carbocycles. The van der Waals surface area contributed by atoms with Crippen LogP contribution in [0.2, 0.25) is 0 Å². The molecule has 0 aromatic carbocycles. The summed E-state index contributed by atoms with van der Waals surface area (Å²) in [5.74, 6) is 1.05. The zero-order valence-electron chi connectivity index (χ0n) is 10.8. The minimum absolute atomic E-state index is 0.549. The molecular formula is C13H20N4. The van der Waals surface area contributed by atoms with Gasteiger partial charge in [0.15, 0.2) is 5.65 Å². The van der Waals surface area contributed by atoms with E-state index >= 15 is 0 Å². The van der Waals surface area contributed by atoms with E-state index in [0.717, 1.165) is 30.9 Å². The van der Waals surface area contributed by atoms with Crippen LogP contribution in [0.3, 0.4) is 0 Å². The van der Waals surface area contributed by atoms with Crippen LogP contribution in [-0.4, -0.2) is 27.2 Å². The van der Waals surface area contributed by atoms with Gasteiger partial charge in [-0.05, 0) is 37.6 Å². The first-order valence-electron chi connectivity index (χ1n) is 6.20. The van der Waals surface area contributed by atoms with Crippen LogP contribution >= 0.6 is 0 Å². The highest BCUT2D eigenvalue weighted by Crippen LogP contribution is 2.07. The third kappa shape index (κ3) is 3.03. The van der Waals surface area contributed by atoms with Crippen molar-refractivity contribution in [1.82, 2.24) is 19.9 Å². The lowest BCUT2D eigenvalue weighted by Gasteiger charge is -2.06. The molecule has 0 saturated heterocycles. The van der Waals surface area contributed by atoms with Crippen molar-refractivity contribution < 1.29 is 0 Å². The Bertz CT molecular complexity index is 487. The molecule has 0 fully saturated rings. The van der Waals surface area contributed by atoms with E-state index in [0.29, 0.717) is 6.04 Å². The van der Waals surface area contributed by atoms with Gasteiger partial charge in [0.2, 0.25) is 0 Å². The van der Waals surface area contributed by atoms with Crippen molar-refractivity contribution in [3.8, 4) is 0 Å². The summed E-state index contributed by atoms with van der Waals surface area (Å²) in [5.41, 5.74) is 2.16. The Labute approximate surface area is 102 Å². The van der Waals surface area contributed by atoms with Crippen molar-refractivity contribution in [3.63, 3.8) is 0 Å². The number of fused-ring (bicyclic) bond motifs is 1. The molecule has 2 heterocycles. The van der Waals surface area contributed by atoms with Gasteiger partial charge in [0.05, 0.1) is 0 Å². The largest absolute Gasteiger partial charge is 0.315 e.